The van der Waals surface area contributed by atoms with Crippen molar-refractivity contribution in [2.24, 2.45) is 5.41 Å². The second-order valence-corrected chi connectivity index (χ2v) is 12.0. The van der Waals surface area contributed by atoms with Crippen LogP contribution in [0.4, 0.5) is 5.82 Å². The van der Waals surface area contributed by atoms with Crippen molar-refractivity contribution < 1.29 is 4.79 Å². The van der Waals surface area contributed by atoms with Crippen LogP contribution < -0.4 is 21.4 Å². The van der Waals surface area contributed by atoms with Gasteiger partial charge in [0.1, 0.15) is 5.82 Å². The molecule has 1 heterocycles. The summed E-state index contributed by atoms with van der Waals surface area (Å²) in [6.07, 6.45) is 4.03. The van der Waals surface area contributed by atoms with Gasteiger partial charge in [0.05, 0.1) is 5.44 Å². The Labute approximate surface area is 207 Å². The zero-order chi connectivity index (χ0) is 24.9. The molecule has 0 saturated carbocycles. The van der Waals surface area contributed by atoms with Crippen molar-refractivity contribution in [1.29, 1.82) is 0 Å². The van der Waals surface area contributed by atoms with Crippen molar-refractivity contribution in [1.82, 2.24) is 4.98 Å². The molecule has 0 saturated heterocycles. The number of nitrogens with zero attached hydrogens (tertiary/aromatic N) is 1. The Morgan fingerprint density at radius 2 is 1.21 bits per heavy atom. The summed E-state index contributed by atoms with van der Waals surface area (Å²) in [4.78, 5) is 17.6. The van der Waals surface area contributed by atoms with E-state index in [1.165, 1.54) is 32.9 Å². The fraction of sp³-hybridized carbons (Fsp3) is 0.400. The number of benzene rings is 2. The number of aryl methyl sites for hydroxylation is 4. The van der Waals surface area contributed by atoms with Gasteiger partial charge in [-0.1, -0.05) is 90.9 Å². The predicted molar refractivity (Wildman–Crippen MR) is 149 cm³/mol. The van der Waals surface area contributed by atoms with Crippen molar-refractivity contribution in [3.05, 3.63) is 76.9 Å². The van der Waals surface area contributed by atoms with Gasteiger partial charge in [0.25, 0.3) is 0 Å². The lowest BCUT2D eigenvalue weighted by atomic mass is 9.96. The number of carbonyl (C=O) groups is 1. The van der Waals surface area contributed by atoms with Gasteiger partial charge >= 0.3 is 0 Å². The molecule has 180 valence electrons. The molecule has 0 aliphatic carbocycles. The number of carbonyl (C=O) groups excluding carboxylic acids is 1. The highest BCUT2D eigenvalue weighted by Crippen LogP contribution is 2.34. The average Bonchev–Trinajstić information content (AvgIpc) is 2.83. The molecule has 3 rings (SSSR count). The maximum absolute atomic E-state index is 12.6. The molecule has 1 N–H and O–H groups in total. The molecule has 0 bridgehead atoms. The fourth-order valence-electron chi connectivity index (χ4n) is 3.90. The SMILES string of the molecule is CCc1cc(CC)cc(P(c2cc(CC)cc(CC)c2)c2cccc(NC(=O)C(C)(C)C)n2)c1. The normalized spacial score (nSPS) is 11.6. The lowest BCUT2D eigenvalue weighted by molar-refractivity contribution is -0.123. The average molecular weight is 475 g/mol. The molecule has 4 heteroatoms. The van der Waals surface area contributed by atoms with Gasteiger partial charge in [-0.2, -0.15) is 0 Å². The fourth-order valence-corrected chi connectivity index (χ4v) is 6.35. The van der Waals surface area contributed by atoms with Gasteiger partial charge in [-0.05, 0) is 70.7 Å². The van der Waals surface area contributed by atoms with Crippen molar-refractivity contribution in [3.63, 3.8) is 0 Å². The molecule has 0 aliphatic rings. The molecule has 1 aromatic heterocycles. The molecule has 2 aromatic carbocycles. The summed E-state index contributed by atoms with van der Waals surface area (Å²) in [5.41, 5.74) is 6.00. The highest BCUT2D eigenvalue weighted by atomic mass is 31.1. The third kappa shape index (κ3) is 6.33. The largest absolute Gasteiger partial charge is 0.310 e. The van der Waals surface area contributed by atoms with Crippen molar-refractivity contribution in [2.45, 2.75) is 74.1 Å². The summed E-state index contributed by atoms with van der Waals surface area (Å²) >= 11 is 0. The van der Waals surface area contributed by atoms with Crippen LogP contribution in [0.25, 0.3) is 0 Å². The van der Waals surface area contributed by atoms with Gasteiger partial charge in [0.2, 0.25) is 5.91 Å². The minimum absolute atomic E-state index is 0.0241. The molecule has 3 nitrogen and oxygen atoms in total. The minimum atomic E-state index is -0.865. The lowest BCUT2D eigenvalue weighted by Gasteiger charge is -2.23. The van der Waals surface area contributed by atoms with Crippen molar-refractivity contribution in [2.75, 3.05) is 5.32 Å². The Morgan fingerprint density at radius 3 is 1.59 bits per heavy atom. The van der Waals surface area contributed by atoms with Crippen LogP contribution >= 0.6 is 7.92 Å². The molecular weight excluding hydrogens is 435 g/mol. The van der Waals surface area contributed by atoms with Gasteiger partial charge in [-0.15, -0.1) is 0 Å². The molecule has 0 atom stereocenters. The smallest absolute Gasteiger partial charge is 0.230 e. The molecular formula is C30H39N2OP. The quantitative estimate of drug-likeness (QED) is 0.403. The van der Waals surface area contributed by atoms with Crippen LogP contribution in [0.2, 0.25) is 0 Å². The van der Waals surface area contributed by atoms with Crippen LogP contribution in [0.5, 0.6) is 0 Å². The summed E-state index contributed by atoms with van der Waals surface area (Å²) in [6, 6.07) is 20.1. The summed E-state index contributed by atoms with van der Waals surface area (Å²) in [6.45, 7) is 14.6. The van der Waals surface area contributed by atoms with E-state index in [-0.39, 0.29) is 5.91 Å². The second kappa shape index (κ2) is 11.3. The Hall–Kier alpha value is -2.51. The highest BCUT2D eigenvalue weighted by molar-refractivity contribution is 7.79. The molecule has 0 aliphatic heterocycles. The molecule has 0 fully saturated rings. The Kier molecular flexibility index (Phi) is 8.66. The lowest BCUT2D eigenvalue weighted by Crippen LogP contribution is -2.29. The van der Waals surface area contributed by atoms with Crippen LogP contribution in [0, 0.1) is 5.41 Å². The topological polar surface area (TPSA) is 42.0 Å². The Morgan fingerprint density at radius 1 is 0.765 bits per heavy atom. The van der Waals surface area contributed by atoms with E-state index in [1.807, 2.05) is 32.9 Å². The zero-order valence-corrected chi connectivity index (χ0v) is 22.7. The van der Waals surface area contributed by atoms with E-state index >= 15 is 0 Å². The Bertz CT molecular complexity index is 1050. The number of pyridine rings is 1. The van der Waals surface area contributed by atoms with Crippen LogP contribution in [0.1, 0.15) is 70.7 Å². The van der Waals surface area contributed by atoms with Gasteiger partial charge in [-0.3, -0.25) is 4.79 Å². The van der Waals surface area contributed by atoms with E-state index in [1.54, 1.807) is 0 Å². The standard InChI is InChI=1S/C30H39N2OP/c1-8-21-15-22(9-2)18-25(17-21)34(26-19-23(10-3)16-24(11-4)20-26)28-14-12-13-27(31-28)32-29(33)30(5,6)7/h12-20H,8-11H2,1-7H3,(H,31,32,33). The van der Waals surface area contributed by atoms with Crippen LogP contribution in [0.3, 0.4) is 0 Å². The first kappa shape index (κ1) is 26.1. The number of nitrogens with one attached hydrogen (secondary N) is 1. The first-order valence-corrected chi connectivity index (χ1v) is 13.9. The van der Waals surface area contributed by atoms with E-state index in [0.29, 0.717) is 5.82 Å². The van der Waals surface area contributed by atoms with Crippen LogP contribution in [-0.2, 0) is 30.5 Å². The predicted octanol–water partition coefficient (Wildman–Crippen LogP) is 6.07. The first-order valence-electron chi connectivity index (χ1n) is 12.5. The molecule has 0 spiro atoms. The summed E-state index contributed by atoms with van der Waals surface area (Å²) in [5, 5.41) is 5.68. The molecule has 1 amide bonds. The van der Waals surface area contributed by atoms with E-state index in [2.05, 4.69) is 75.5 Å². The molecule has 0 radical (unpaired) electrons. The number of amides is 1. The van der Waals surface area contributed by atoms with Gasteiger partial charge in [-0.25, -0.2) is 4.98 Å². The summed E-state index contributed by atoms with van der Waals surface area (Å²) in [7, 11) is -0.865. The Balaban J connectivity index is 2.20. The molecule has 3 aromatic rings. The van der Waals surface area contributed by atoms with E-state index in [0.717, 1.165) is 31.1 Å². The number of rotatable bonds is 8. The van der Waals surface area contributed by atoms with E-state index < -0.39 is 13.3 Å². The van der Waals surface area contributed by atoms with Gasteiger partial charge < -0.3 is 5.32 Å². The highest BCUT2D eigenvalue weighted by Gasteiger charge is 2.24. The van der Waals surface area contributed by atoms with Crippen LogP contribution in [-0.4, -0.2) is 10.9 Å². The number of hydrogen-bond acceptors (Lipinski definition) is 2. The number of anilines is 1. The zero-order valence-electron chi connectivity index (χ0n) is 21.8. The third-order valence-electron chi connectivity index (χ3n) is 6.11. The number of aromatic nitrogens is 1. The maximum Gasteiger partial charge on any atom is 0.230 e. The summed E-state index contributed by atoms with van der Waals surface area (Å²) in [5.74, 6) is 0.596. The maximum atomic E-state index is 12.6. The third-order valence-corrected chi connectivity index (χ3v) is 8.37. The van der Waals surface area contributed by atoms with Gasteiger partial charge in [0, 0.05) is 13.3 Å². The van der Waals surface area contributed by atoms with E-state index in [4.69, 9.17) is 4.98 Å². The number of hydrogen-bond donors (Lipinski definition) is 1. The van der Waals surface area contributed by atoms with Crippen LogP contribution in [0.15, 0.2) is 54.6 Å². The van der Waals surface area contributed by atoms with Gasteiger partial charge in [0.15, 0.2) is 0 Å². The first-order chi connectivity index (χ1) is 16.2. The molecule has 0 unspecified atom stereocenters. The monoisotopic (exact) mass is 474 g/mol. The van der Waals surface area contributed by atoms with Crippen molar-refractivity contribution in [3.8, 4) is 0 Å². The molecule has 34 heavy (non-hydrogen) atoms. The summed E-state index contributed by atoms with van der Waals surface area (Å²) < 4.78 is 0. The van der Waals surface area contributed by atoms with Crippen molar-refractivity contribution >= 4 is 35.7 Å². The second-order valence-electron chi connectivity index (χ2n) is 9.85. The minimum Gasteiger partial charge on any atom is -0.310 e. The van der Waals surface area contributed by atoms with E-state index in [9.17, 15) is 4.79 Å².